The molecule has 7 heteroatoms. The first kappa shape index (κ1) is 17.2. The Bertz CT molecular complexity index is 1260. The number of fused-ring (bicyclic) bond motifs is 1. The van der Waals surface area contributed by atoms with Gasteiger partial charge in [0.1, 0.15) is 17.7 Å². The average Bonchev–Trinajstić information content (AvgIpc) is 3.32. The van der Waals surface area contributed by atoms with Gasteiger partial charge < -0.3 is 14.7 Å². The van der Waals surface area contributed by atoms with E-state index in [2.05, 4.69) is 16.0 Å². The third-order valence-electron chi connectivity index (χ3n) is 4.28. The van der Waals surface area contributed by atoms with Crippen LogP contribution in [0.4, 0.5) is 4.39 Å². The van der Waals surface area contributed by atoms with Crippen LogP contribution in [-0.2, 0) is 0 Å². The van der Waals surface area contributed by atoms with Crippen molar-refractivity contribution in [1.82, 2.24) is 14.5 Å². The zero-order chi connectivity index (χ0) is 19.7. The summed E-state index contributed by atoms with van der Waals surface area (Å²) in [7, 11) is 0. The Kier molecular flexibility index (Phi) is 4.22. The first-order valence-corrected chi connectivity index (χ1v) is 8.34. The highest BCUT2D eigenvalue weighted by molar-refractivity contribution is 5.90. The van der Waals surface area contributed by atoms with Crippen molar-refractivity contribution in [3.8, 4) is 11.8 Å². The molecule has 2 aromatic heterocycles. The summed E-state index contributed by atoms with van der Waals surface area (Å²) in [4.78, 5) is 18.3. The van der Waals surface area contributed by atoms with Crippen LogP contribution in [0.25, 0.3) is 28.4 Å². The monoisotopic (exact) mass is 372 g/mol. The number of nitriles is 1. The molecular formula is C21H13FN4O2. The molecule has 0 saturated heterocycles. The highest BCUT2D eigenvalue weighted by atomic mass is 19.1. The quantitative estimate of drug-likeness (QED) is 0.524. The van der Waals surface area contributed by atoms with Crippen LogP contribution in [0.5, 0.6) is 0 Å². The Hall–Kier alpha value is -4.18. The standard InChI is InChI=1S/C21H13FN4O2/c22-15-5-8-18-19(11-15)25-20(24-18)14(12-23)10-17-2-1-9-26(17)16-6-3-13(4-7-16)21(27)28/h1-11H,(H,24,25)(H,27,28)/b14-10-. The number of carbonyl (C=O) groups is 1. The summed E-state index contributed by atoms with van der Waals surface area (Å²) in [6.45, 7) is 0. The van der Waals surface area contributed by atoms with Crippen molar-refractivity contribution in [1.29, 1.82) is 5.26 Å². The SMILES string of the molecule is N#C/C(=C/c1cccn1-c1ccc(C(=O)O)cc1)c1nc2ccc(F)cc2[nH]1. The minimum absolute atomic E-state index is 0.195. The number of nitrogens with one attached hydrogen (secondary N) is 1. The Labute approximate surface area is 158 Å². The van der Waals surface area contributed by atoms with Crippen molar-refractivity contribution in [2.75, 3.05) is 0 Å². The number of allylic oxidation sites excluding steroid dienone is 1. The van der Waals surface area contributed by atoms with Gasteiger partial charge in [-0.15, -0.1) is 0 Å². The van der Waals surface area contributed by atoms with E-state index in [-0.39, 0.29) is 11.4 Å². The van der Waals surface area contributed by atoms with Gasteiger partial charge in [-0.05, 0) is 60.7 Å². The Morgan fingerprint density at radius 3 is 2.71 bits per heavy atom. The van der Waals surface area contributed by atoms with Crippen LogP contribution in [0.1, 0.15) is 21.9 Å². The average molecular weight is 372 g/mol. The van der Waals surface area contributed by atoms with E-state index < -0.39 is 5.97 Å². The number of rotatable bonds is 4. The van der Waals surface area contributed by atoms with Gasteiger partial charge in [0.15, 0.2) is 0 Å². The minimum atomic E-state index is -0.993. The van der Waals surface area contributed by atoms with Crippen LogP contribution in [0.3, 0.4) is 0 Å². The number of halogens is 1. The molecule has 0 aliphatic rings. The Morgan fingerprint density at radius 2 is 2.00 bits per heavy atom. The van der Waals surface area contributed by atoms with Crippen LogP contribution in [0, 0.1) is 17.1 Å². The van der Waals surface area contributed by atoms with E-state index in [0.717, 1.165) is 5.69 Å². The number of hydrogen-bond donors (Lipinski definition) is 2. The summed E-state index contributed by atoms with van der Waals surface area (Å²) in [6.07, 6.45) is 3.48. The number of aromatic amines is 1. The largest absolute Gasteiger partial charge is 0.478 e. The molecule has 0 amide bonds. The molecule has 0 radical (unpaired) electrons. The van der Waals surface area contributed by atoms with Gasteiger partial charge in [0.05, 0.1) is 22.2 Å². The molecule has 0 atom stereocenters. The van der Waals surface area contributed by atoms with E-state index in [0.29, 0.717) is 28.1 Å². The molecule has 0 bridgehead atoms. The van der Waals surface area contributed by atoms with Gasteiger partial charge in [0, 0.05) is 17.6 Å². The fourth-order valence-corrected chi connectivity index (χ4v) is 2.92. The molecule has 0 aliphatic heterocycles. The fourth-order valence-electron chi connectivity index (χ4n) is 2.92. The number of hydrogen-bond acceptors (Lipinski definition) is 3. The lowest BCUT2D eigenvalue weighted by Crippen LogP contribution is -1.99. The van der Waals surface area contributed by atoms with Crippen LogP contribution >= 0.6 is 0 Å². The predicted octanol–water partition coefficient (Wildman–Crippen LogP) is 4.26. The molecule has 4 aromatic rings. The lowest BCUT2D eigenvalue weighted by atomic mass is 10.2. The van der Waals surface area contributed by atoms with Crippen LogP contribution < -0.4 is 0 Å². The molecule has 0 spiro atoms. The summed E-state index contributed by atoms with van der Waals surface area (Å²) in [5.74, 6) is -1.03. The molecular weight excluding hydrogens is 359 g/mol. The topological polar surface area (TPSA) is 94.7 Å². The second kappa shape index (κ2) is 6.85. The summed E-state index contributed by atoms with van der Waals surface area (Å²) < 4.78 is 15.2. The Balaban J connectivity index is 1.74. The van der Waals surface area contributed by atoms with Crippen molar-refractivity contribution >= 4 is 28.7 Å². The maximum absolute atomic E-state index is 13.4. The number of nitrogens with zero attached hydrogens (tertiary/aromatic N) is 3. The summed E-state index contributed by atoms with van der Waals surface area (Å²) in [6, 6.07) is 16.4. The fraction of sp³-hybridized carbons (Fsp3) is 0. The third kappa shape index (κ3) is 3.15. The van der Waals surface area contributed by atoms with E-state index in [1.165, 1.54) is 24.3 Å². The first-order valence-electron chi connectivity index (χ1n) is 8.34. The number of aromatic carboxylic acids is 1. The molecule has 0 aliphatic carbocycles. The highest BCUT2D eigenvalue weighted by Crippen LogP contribution is 2.22. The van der Waals surface area contributed by atoms with Gasteiger partial charge in [0.25, 0.3) is 0 Å². The highest BCUT2D eigenvalue weighted by Gasteiger charge is 2.11. The van der Waals surface area contributed by atoms with E-state index in [9.17, 15) is 14.4 Å². The first-order chi connectivity index (χ1) is 13.5. The van der Waals surface area contributed by atoms with Crippen molar-refractivity contribution in [2.24, 2.45) is 0 Å². The molecule has 136 valence electrons. The second-order valence-electron chi connectivity index (χ2n) is 6.07. The van der Waals surface area contributed by atoms with Gasteiger partial charge in [-0.25, -0.2) is 14.2 Å². The molecule has 28 heavy (non-hydrogen) atoms. The molecule has 0 saturated carbocycles. The van der Waals surface area contributed by atoms with E-state index in [4.69, 9.17) is 5.11 Å². The number of carboxylic acids is 1. The molecule has 6 nitrogen and oxygen atoms in total. The van der Waals surface area contributed by atoms with E-state index in [1.54, 1.807) is 24.3 Å². The zero-order valence-electron chi connectivity index (χ0n) is 14.4. The zero-order valence-corrected chi connectivity index (χ0v) is 14.4. The number of H-pyrrole nitrogens is 1. The number of imidazole rings is 1. The minimum Gasteiger partial charge on any atom is -0.478 e. The Morgan fingerprint density at radius 1 is 1.21 bits per heavy atom. The normalized spacial score (nSPS) is 11.5. The third-order valence-corrected chi connectivity index (χ3v) is 4.28. The van der Waals surface area contributed by atoms with Crippen LogP contribution in [0.2, 0.25) is 0 Å². The van der Waals surface area contributed by atoms with E-state index in [1.807, 2.05) is 22.9 Å². The summed E-state index contributed by atoms with van der Waals surface area (Å²) in [5.41, 5.74) is 3.03. The lowest BCUT2D eigenvalue weighted by molar-refractivity contribution is 0.0697. The van der Waals surface area contributed by atoms with Crippen molar-refractivity contribution < 1.29 is 14.3 Å². The molecule has 2 N–H and O–H groups in total. The van der Waals surface area contributed by atoms with Gasteiger partial charge in [0.2, 0.25) is 0 Å². The summed E-state index contributed by atoms with van der Waals surface area (Å²) >= 11 is 0. The van der Waals surface area contributed by atoms with E-state index >= 15 is 0 Å². The van der Waals surface area contributed by atoms with Crippen molar-refractivity contribution in [2.45, 2.75) is 0 Å². The van der Waals surface area contributed by atoms with Gasteiger partial charge in [-0.1, -0.05) is 0 Å². The smallest absolute Gasteiger partial charge is 0.335 e. The molecule has 2 heterocycles. The molecule has 2 aromatic carbocycles. The number of carboxylic acid groups (broad SMARTS) is 1. The molecule has 0 unspecified atom stereocenters. The predicted molar refractivity (Wildman–Crippen MR) is 102 cm³/mol. The van der Waals surface area contributed by atoms with Gasteiger partial charge in [-0.3, -0.25) is 0 Å². The van der Waals surface area contributed by atoms with Crippen molar-refractivity contribution in [3.63, 3.8) is 0 Å². The van der Waals surface area contributed by atoms with Crippen LogP contribution in [0.15, 0.2) is 60.8 Å². The maximum Gasteiger partial charge on any atom is 0.335 e. The lowest BCUT2D eigenvalue weighted by Gasteiger charge is -2.07. The molecule has 0 fully saturated rings. The number of aromatic nitrogens is 3. The van der Waals surface area contributed by atoms with Gasteiger partial charge >= 0.3 is 5.97 Å². The van der Waals surface area contributed by atoms with Crippen LogP contribution in [-0.4, -0.2) is 25.6 Å². The number of benzene rings is 2. The summed E-state index contributed by atoms with van der Waals surface area (Å²) in [5, 5.41) is 18.6. The second-order valence-corrected chi connectivity index (χ2v) is 6.07. The maximum atomic E-state index is 13.4. The molecule has 4 rings (SSSR count). The van der Waals surface area contributed by atoms with Crippen molar-refractivity contribution in [3.05, 3.63) is 83.7 Å². The van der Waals surface area contributed by atoms with Gasteiger partial charge in [-0.2, -0.15) is 5.26 Å².